The van der Waals surface area contributed by atoms with Crippen molar-refractivity contribution in [2.45, 2.75) is 24.8 Å². The lowest BCUT2D eigenvalue weighted by Gasteiger charge is -2.12. The molecule has 6 nitrogen and oxygen atoms in total. The molecule has 1 heterocycles. The Labute approximate surface area is 138 Å². The van der Waals surface area contributed by atoms with E-state index in [1.807, 2.05) is 17.7 Å². The van der Waals surface area contributed by atoms with Crippen LogP contribution in [-0.4, -0.2) is 31.6 Å². The normalized spacial score (nSPS) is 11.6. The zero-order chi connectivity index (χ0) is 16.2. The van der Waals surface area contributed by atoms with Gasteiger partial charge in [-0.2, -0.15) is 0 Å². The van der Waals surface area contributed by atoms with Gasteiger partial charge < -0.3 is 9.30 Å². The van der Waals surface area contributed by atoms with Crippen LogP contribution in [0.25, 0.3) is 0 Å². The minimum absolute atomic E-state index is 0.134. The maximum atomic E-state index is 12.4. The molecule has 0 saturated carbocycles. The monoisotopic (exact) mass is 387 g/mol. The molecule has 1 aromatic heterocycles. The number of aryl methyl sites for hydroxylation is 2. The Bertz CT molecular complexity index is 730. The Balaban J connectivity index is 2.05. The molecule has 0 fully saturated rings. The molecule has 22 heavy (non-hydrogen) atoms. The quantitative estimate of drug-likeness (QED) is 0.739. The number of sulfonamides is 1. The Hall–Kier alpha value is -1.38. The zero-order valence-corrected chi connectivity index (χ0v) is 14.8. The van der Waals surface area contributed by atoms with Crippen molar-refractivity contribution in [3.05, 3.63) is 40.9 Å². The summed E-state index contributed by atoms with van der Waals surface area (Å²) in [6.45, 7) is 2.92. The van der Waals surface area contributed by atoms with Gasteiger partial charge in [0, 0.05) is 30.0 Å². The van der Waals surface area contributed by atoms with E-state index in [9.17, 15) is 8.42 Å². The molecule has 0 aliphatic heterocycles. The Morgan fingerprint density at radius 2 is 2.18 bits per heavy atom. The molecule has 0 aliphatic carbocycles. The molecular formula is C14H18BrN3O3S. The topological polar surface area (TPSA) is 73.2 Å². The largest absolute Gasteiger partial charge is 0.495 e. The number of benzene rings is 1. The lowest BCUT2D eigenvalue weighted by molar-refractivity contribution is 0.401. The molecular weight excluding hydrogens is 370 g/mol. The number of aromatic nitrogens is 2. The van der Waals surface area contributed by atoms with Crippen LogP contribution in [0.2, 0.25) is 0 Å². The number of halogens is 1. The second kappa shape index (κ2) is 7.26. The van der Waals surface area contributed by atoms with E-state index in [4.69, 9.17) is 4.74 Å². The second-order valence-electron chi connectivity index (χ2n) is 4.80. The first-order chi connectivity index (χ1) is 10.4. The Morgan fingerprint density at radius 3 is 2.82 bits per heavy atom. The molecule has 1 N–H and O–H groups in total. The lowest BCUT2D eigenvalue weighted by Crippen LogP contribution is -2.26. The van der Waals surface area contributed by atoms with Gasteiger partial charge in [-0.25, -0.2) is 18.1 Å². The van der Waals surface area contributed by atoms with E-state index in [0.29, 0.717) is 25.3 Å². The fraction of sp³-hybridized carbons (Fsp3) is 0.357. The molecule has 0 bridgehead atoms. The third-order valence-electron chi connectivity index (χ3n) is 3.18. The van der Waals surface area contributed by atoms with Gasteiger partial charge in [0.2, 0.25) is 10.0 Å². The van der Waals surface area contributed by atoms with Gasteiger partial charge in [-0.1, -0.05) is 15.9 Å². The van der Waals surface area contributed by atoms with Crippen molar-refractivity contribution in [1.82, 2.24) is 14.3 Å². The van der Waals surface area contributed by atoms with Crippen molar-refractivity contribution in [2.75, 3.05) is 13.7 Å². The van der Waals surface area contributed by atoms with Crippen LogP contribution in [0.3, 0.4) is 0 Å². The summed E-state index contributed by atoms with van der Waals surface area (Å²) in [4.78, 5) is 4.07. The summed E-state index contributed by atoms with van der Waals surface area (Å²) in [5.41, 5.74) is 0.913. The molecule has 120 valence electrons. The highest BCUT2D eigenvalue weighted by atomic mass is 79.9. The number of imidazole rings is 1. The fourth-order valence-corrected chi connectivity index (χ4v) is 3.71. The van der Waals surface area contributed by atoms with Crippen molar-refractivity contribution >= 4 is 26.0 Å². The predicted octanol–water partition coefficient (Wildman–Crippen LogP) is 2.33. The first kappa shape index (κ1) is 17.0. The summed E-state index contributed by atoms with van der Waals surface area (Å²) in [5, 5.41) is 0. The molecule has 0 atom stereocenters. The number of rotatable bonds is 7. The average molecular weight is 388 g/mol. The Morgan fingerprint density at radius 1 is 1.41 bits per heavy atom. The van der Waals surface area contributed by atoms with Crippen LogP contribution in [0.1, 0.15) is 12.0 Å². The van der Waals surface area contributed by atoms with Gasteiger partial charge in [0.15, 0.2) is 0 Å². The number of methoxy groups -OCH3 is 1. The van der Waals surface area contributed by atoms with Gasteiger partial charge in [-0.3, -0.25) is 0 Å². The smallest absolute Gasteiger partial charge is 0.244 e. The number of hydrogen-bond donors (Lipinski definition) is 1. The highest BCUT2D eigenvalue weighted by Gasteiger charge is 2.20. The van der Waals surface area contributed by atoms with Crippen LogP contribution in [0, 0.1) is 6.92 Å². The molecule has 0 spiro atoms. The molecule has 0 unspecified atom stereocenters. The minimum Gasteiger partial charge on any atom is -0.495 e. The third-order valence-corrected chi connectivity index (χ3v) is 5.52. The van der Waals surface area contributed by atoms with E-state index in [1.54, 1.807) is 24.7 Å². The zero-order valence-electron chi connectivity index (χ0n) is 12.4. The molecule has 2 aromatic rings. The number of nitrogens with zero attached hydrogens (tertiary/aromatic N) is 2. The number of ether oxygens (including phenoxy) is 1. The van der Waals surface area contributed by atoms with E-state index in [-0.39, 0.29) is 4.90 Å². The standard InChI is InChI=1S/C14H18BrN3O3S/c1-11-8-13(21-2)14(9-12(11)15)22(19,20)17-4-3-6-18-7-5-16-10-18/h5,7-10,17H,3-4,6H2,1-2H3. The first-order valence-electron chi connectivity index (χ1n) is 6.73. The summed E-state index contributed by atoms with van der Waals surface area (Å²) in [7, 11) is -2.15. The van der Waals surface area contributed by atoms with Crippen LogP contribution in [0.5, 0.6) is 5.75 Å². The number of hydrogen-bond acceptors (Lipinski definition) is 4. The van der Waals surface area contributed by atoms with Crippen molar-refractivity contribution in [2.24, 2.45) is 0 Å². The van der Waals surface area contributed by atoms with Gasteiger partial charge in [0.05, 0.1) is 13.4 Å². The van der Waals surface area contributed by atoms with Gasteiger partial charge in [-0.05, 0) is 31.0 Å². The van der Waals surface area contributed by atoms with Crippen molar-refractivity contribution in [1.29, 1.82) is 0 Å². The number of nitrogens with one attached hydrogen (secondary N) is 1. The van der Waals surface area contributed by atoms with Crippen LogP contribution in [-0.2, 0) is 16.6 Å². The highest BCUT2D eigenvalue weighted by molar-refractivity contribution is 9.10. The van der Waals surface area contributed by atoms with E-state index >= 15 is 0 Å². The highest BCUT2D eigenvalue weighted by Crippen LogP contribution is 2.30. The molecule has 0 radical (unpaired) electrons. The van der Waals surface area contributed by atoms with Crippen LogP contribution < -0.4 is 9.46 Å². The van der Waals surface area contributed by atoms with E-state index in [1.165, 1.54) is 7.11 Å². The summed E-state index contributed by atoms with van der Waals surface area (Å²) in [6.07, 6.45) is 5.91. The van der Waals surface area contributed by atoms with Gasteiger partial charge in [0.1, 0.15) is 10.6 Å². The van der Waals surface area contributed by atoms with Crippen LogP contribution in [0.4, 0.5) is 0 Å². The van der Waals surface area contributed by atoms with Gasteiger partial charge in [0.25, 0.3) is 0 Å². The maximum Gasteiger partial charge on any atom is 0.244 e. The molecule has 0 saturated heterocycles. The Kier molecular flexibility index (Phi) is 5.60. The fourth-order valence-electron chi connectivity index (χ4n) is 1.97. The van der Waals surface area contributed by atoms with E-state index in [2.05, 4.69) is 25.6 Å². The minimum atomic E-state index is -3.61. The summed E-state index contributed by atoms with van der Waals surface area (Å²) in [6, 6.07) is 3.26. The predicted molar refractivity (Wildman–Crippen MR) is 87.5 cm³/mol. The van der Waals surface area contributed by atoms with Crippen LogP contribution >= 0.6 is 15.9 Å². The molecule has 2 rings (SSSR count). The van der Waals surface area contributed by atoms with Crippen molar-refractivity contribution in [3.8, 4) is 5.75 Å². The van der Waals surface area contributed by atoms with Crippen LogP contribution in [0.15, 0.2) is 40.2 Å². The molecule has 1 aromatic carbocycles. The second-order valence-corrected chi connectivity index (χ2v) is 7.39. The van der Waals surface area contributed by atoms with Gasteiger partial charge >= 0.3 is 0 Å². The van der Waals surface area contributed by atoms with E-state index in [0.717, 1.165) is 10.0 Å². The molecule has 0 aliphatic rings. The average Bonchev–Trinajstić information content (AvgIpc) is 2.99. The molecule has 8 heteroatoms. The van der Waals surface area contributed by atoms with Crippen molar-refractivity contribution in [3.63, 3.8) is 0 Å². The van der Waals surface area contributed by atoms with Crippen molar-refractivity contribution < 1.29 is 13.2 Å². The van der Waals surface area contributed by atoms with E-state index < -0.39 is 10.0 Å². The summed E-state index contributed by atoms with van der Waals surface area (Å²) in [5.74, 6) is 0.336. The maximum absolute atomic E-state index is 12.4. The molecule has 0 amide bonds. The SMILES string of the molecule is COc1cc(C)c(Br)cc1S(=O)(=O)NCCCn1ccnc1. The summed E-state index contributed by atoms with van der Waals surface area (Å²) < 4.78 is 35.2. The lowest BCUT2D eigenvalue weighted by atomic mass is 10.2. The first-order valence-corrected chi connectivity index (χ1v) is 9.01. The van der Waals surface area contributed by atoms with Gasteiger partial charge in [-0.15, -0.1) is 0 Å². The summed E-state index contributed by atoms with van der Waals surface area (Å²) >= 11 is 3.35. The third kappa shape index (κ3) is 4.08.